The van der Waals surface area contributed by atoms with Crippen LogP contribution in [0, 0.1) is 0 Å². The van der Waals surface area contributed by atoms with Crippen molar-refractivity contribution in [1.82, 2.24) is 4.90 Å². The standard InChI is InChI=1S/C22H22F3N3O3/c1-27-18-13-14(6-11-17(18)21(30)28-12-4-2-3-5-19(27)28)20(29)26-15-7-9-16(10-8-15)31-22(23,24)25/h6-11,13,19H,2-5,12H2,1H3,(H,26,29)/t19-/m0/s1. The molecular weight excluding hydrogens is 411 g/mol. The Bertz CT molecular complexity index is 992. The third-order valence-electron chi connectivity index (χ3n) is 5.65. The number of ether oxygens (including phenoxy) is 1. The summed E-state index contributed by atoms with van der Waals surface area (Å²) in [6.07, 6.45) is -0.803. The minimum absolute atomic E-state index is 0.0211. The molecule has 0 bridgehead atoms. The average molecular weight is 433 g/mol. The molecule has 31 heavy (non-hydrogen) atoms. The molecule has 1 fully saturated rings. The van der Waals surface area contributed by atoms with Crippen LogP contribution in [0.25, 0.3) is 0 Å². The second-order valence-electron chi connectivity index (χ2n) is 7.70. The van der Waals surface area contributed by atoms with Gasteiger partial charge in [-0.1, -0.05) is 6.42 Å². The minimum atomic E-state index is -4.77. The number of rotatable bonds is 3. The molecule has 0 aliphatic carbocycles. The summed E-state index contributed by atoms with van der Waals surface area (Å²) in [5.74, 6) is -0.809. The molecule has 0 unspecified atom stereocenters. The Hall–Kier alpha value is -3.23. The monoisotopic (exact) mass is 433 g/mol. The molecule has 0 spiro atoms. The number of hydrogen-bond donors (Lipinski definition) is 1. The number of halogens is 3. The lowest BCUT2D eigenvalue weighted by Crippen LogP contribution is -2.53. The van der Waals surface area contributed by atoms with Crippen LogP contribution in [-0.4, -0.2) is 42.8 Å². The van der Waals surface area contributed by atoms with E-state index in [4.69, 9.17) is 0 Å². The summed E-state index contributed by atoms with van der Waals surface area (Å²) >= 11 is 0. The molecule has 1 saturated heterocycles. The molecule has 6 nitrogen and oxygen atoms in total. The molecule has 2 heterocycles. The maximum Gasteiger partial charge on any atom is 0.573 e. The summed E-state index contributed by atoms with van der Waals surface area (Å²) < 4.78 is 40.7. The first-order chi connectivity index (χ1) is 14.7. The first kappa shape index (κ1) is 21.0. The molecule has 4 rings (SSSR count). The lowest BCUT2D eigenvalue weighted by molar-refractivity contribution is -0.274. The lowest BCUT2D eigenvalue weighted by Gasteiger charge is -2.43. The molecule has 2 aromatic carbocycles. The van der Waals surface area contributed by atoms with Crippen molar-refractivity contribution in [2.75, 3.05) is 23.8 Å². The highest BCUT2D eigenvalue weighted by Gasteiger charge is 2.36. The van der Waals surface area contributed by atoms with E-state index >= 15 is 0 Å². The van der Waals surface area contributed by atoms with Crippen LogP contribution in [0.3, 0.4) is 0 Å². The molecule has 0 aromatic heterocycles. The fourth-order valence-corrected chi connectivity index (χ4v) is 4.13. The number of hydrogen-bond acceptors (Lipinski definition) is 4. The van der Waals surface area contributed by atoms with Crippen molar-refractivity contribution in [3.63, 3.8) is 0 Å². The fraction of sp³-hybridized carbons (Fsp3) is 0.364. The van der Waals surface area contributed by atoms with Crippen LogP contribution >= 0.6 is 0 Å². The van der Waals surface area contributed by atoms with Crippen LogP contribution in [0.15, 0.2) is 42.5 Å². The van der Waals surface area contributed by atoms with Gasteiger partial charge in [0, 0.05) is 24.8 Å². The van der Waals surface area contributed by atoms with Gasteiger partial charge in [0.1, 0.15) is 11.9 Å². The van der Waals surface area contributed by atoms with Gasteiger partial charge in [-0.2, -0.15) is 0 Å². The van der Waals surface area contributed by atoms with E-state index in [9.17, 15) is 22.8 Å². The van der Waals surface area contributed by atoms with Gasteiger partial charge in [0.2, 0.25) is 0 Å². The molecule has 2 aliphatic heterocycles. The topological polar surface area (TPSA) is 61.9 Å². The summed E-state index contributed by atoms with van der Waals surface area (Å²) in [5, 5.41) is 2.66. The number of nitrogens with zero attached hydrogens (tertiary/aromatic N) is 2. The smallest absolute Gasteiger partial charge is 0.406 e. The van der Waals surface area contributed by atoms with Crippen molar-refractivity contribution in [3.05, 3.63) is 53.6 Å². The van der Waals surface area contributed by atoms with Gasteiger partial charge in [-0.3, -0.25) is 9.59 Å². The third kappa shape index (κ3) is 4.45. The number of carbonyl (C=O) groups excluding carboxylic acids is 2. The van der Waals surface area contributed by atoms with Gasteiger partial charge in [-0.25, -0.2) is 0 Å². The molecule has 2 amide bonds. The highest BCUT2D eigenvalue weighted by atomic mass is 19.4. The number of benzene rings is 2. The van der Waals surface area contributed by atoms with Crippen molar-refractivity contribution in [2.45, 2.75) is 38.2 Å². The number of amides is 2. The molecular formula is C22H22F3N3O3. The number of alkyl halides is 3. The molecule has 0 radical (unpaired) electrons. The summed E-state index contributed by atoms with van der Waals surface area (Å²) in [4.78, 5) is 29.6. The Morgan fingerprint density at radius 3 is 2.55 bits per heavy atom. The van der Waals surface area contributed by atoms with E-state index in [0.29, 0.717) is 22.5 Å². The number of fused-ring (bicyclic) bond motifs is 2. The van der Waals surface area contributed by atoms with Crippen molar-refractivity contribution in [1.29, 1.82) is 0 Å². The Labute approximate surface area is 177 Å². The summed E-state index contributed by atoms with van der Waals surface area (Å²) in [5.41, 5.74) is 1.95. The molecule has 1 N–H and O–H groups in total. The van der Waals surface area contributed by atoms with E-state index < -0.39 is 12.3 Å². The second kappa shape index (κ2) is 8.13. The Kier molecular flexibility index (Phi) is 5.51. The van der Waals surface area contributed by atoms with Crippen LogP contribution in [0.2, 0.25) is 0 Å². The molecule has 2 aliphatic rings. The zero-order chi connectivity index (χ0) is 22.2. The van der Waals surface area contributed by atoms with E-state index in [1.54, 1.807) is 18.2 Å². The Morgan fingerprint density at radius 1 is 1.10 bits per heavy atom. The van der Waals surface area contributed by atoms with Crippen LogP contribution in [0.4, 0.5) is 24.5 Å². The number of carbonyl (C=O) groups is 2. The predicted molar refractivity (Wildman–Crippen MR) is 109 cm³/mol. The Morgan fingerprint density at radius 2 is 1.84 bits per heavy atom. The number of anilines is 2. The van der Waals surface area contributed by atoms with Crippen LogP contribution in [0.1, 0.15) is 46.4 Å². The third-order valence-corrected chi connectivity index (χ3v) is 5.65. The maximum atomic E-state index is 13.0. The van der Waals surface area contributed by atoms with Crippen molar-refractivity contribution >= 4 is 23.2 Å². The lowest BCUT2D eigenvalue weighted by atomic mass is 10.0. The van der Waals surface area contributed by atoms with Gasteiger partial charge in [-0.05, 0) is 61.7 Å². The number of nitrogens with one attached hydrogen (secondary N) is 1. The molecule has 0 saturated carbocycles. The average Bonchev–Trinajstić information content (AvgIpc) is 2.98. The highest BCUT2D eigenvalue weighted by Crippen LogP contribution is 2.34. The second-order valence-corrected chi connectivity index (χ2v) is 7.70. The van der Waals surface area contributed by atoms with Crippen LogP contribution < -0.4 is 15.0 Å². The Balaban J connectivity index is 1.52. The van der Waals surface area contributed by atoms with Gasteiger partial charge in [0.15, 0.2) is 0 Å². The molecule has 164 valence electrons. The minimum Gasteiger partial charge on any atom is -0.406 e. The highest BCUT2D eigenvalue weighted by molar-refractivity contribution is 6.08. The first-order valence-corrected chi connectivity index (χ1v) is 10.1. The van der Waals surface area contributed by atoms with Crippen LogP contribution in [0.5, 0.6) is 5.75 Å². The zero-order valence-electron chi connectivity index (χ0n) is 16.9. The van der Waals surface area contributed by atoms with Crippen molar-refractivity contribution in [2.24, 2.45) is 0 Å². The first-order valence-electron chi connectivity index (χ1n) is 10.1. The van der Waals surface area contributed by atoms with Crippen molar-refractivity contribution < 1.29 is 27.5 Å². The largest absolute Gasteiger partial charge is 0.573 e. The van der Waals surface area contributed by atoms with Gasteiger partial charge in [-0.15, -0.1) is 13.2 Å². The van der Waals surface area contributed by atoms with Crippen LogP contribution in [-0.2, 0) is 0 Å². The molecule has 2 aromatic rings. The van der Waals surface area contributed by atoms with E-state index in [2.05, 4.69) is 10.1 Å². The van der Waals surface area contributed by atoms with E-state index in [1.165, 1.54) is 12.1 Å². The predicted octanol–water partition coefficient (Wildman–Crippen LogP) is 4.63. The van der Waals surface area contributed by atoms with Gasteiger partial charge < -0.3 is 19.9 Å². The maximum absolute atomic E-state index is 13.0. The molecule has 1 atom stereocenters. The van der Waals surface area contributed by atoms with E-state index in [1.807, 2.05) is 16.8 Å². The van der Waals surface area contributed by atoms with Crippen molar-refractivity contribution in [3.8, 4) is 5.75 Å². The summed E-state index contributed by atoms with van der Waals surface area (Å²) in [6, 6.07) is 9.84. The van der Waals surface area contributed by atoms with Gasteiger partial charge in [0.25, 0.3) is 11.8 Å². The van der Waals surface area contributed by atoms with Gasteiger partial charge >= 0.3 is 6.36 Å². The van der Waals surface area contributed by atoms with E-state index in [0.717, 1.165) is 44.4 Å². The molecule has 9 heteroatoms. The zero-order valence-corrected chi connectivity index (χ0v) is 16.9. The fourth-order valence-electron chi connectivity index (χ4n) is 4.13. The summed E-state index contributed by atoms with van der Waals surface area (Å²) in [6.45, 7) is 0.726. The normalized spacial score (nSPS) is 18.7. The summed E-state index contributed by atoms with van der Waals surface area (Å²) in [7, 11) is 1.93. The van der Waals surface area contributed by atoms with E-state index in [-0.39, 0.29) is 17.8 Å². The SMILES string of the molecule is CN1c2cc(C(=O)Nc3ccc(OC(F)(F)F)cc3)ccc2C(=O)N2CCCCC[C@H]21. The van der Waals surface area contributed by atoms with Gasteiger partial charge in [0.05, 0.1) is 11.3 Å². The quantitative estimate of drug-likeness (QED) is 0.767.